The fourth-order valence-electron chi connectivity index (χ4n) is 8.22. The van der Waals surface area contributed by atoms with Gasteiger partial charge in [0.25, 0.3) is 0 Å². The molecular formula is C58H34N4. The molecule has 0 aliphatic carbocycles. The van der Waals surface area contributed by atoms with Crippen molar-refractivity contribution >= 4 is 72.1 Å². The average Bonchev–Trinajstić information content (AvgIpc) is 3.34. The van der Waals surface area contributed by atoms with Crippen LogP contribution in [0, 0.1) is 41.6 Å². The second kappa shape index (κ2) is 16.3. The topological polar surface area (TPSA) is 34.6 Å². The first-order chi connectivity index (χ1) is 30.7. The molecule has 10 rings (SSSR count). The summed E-state index contributed by atoms with van der Waals surface area (Å²) >= 11 is 0. The quantitative estimate of drug-likeness (QED) is 0.0956. The van der Waals surface area contributed by atoms with Gasteiger partial charge in [0.2, 0.25) is 0 Å². The minimum absolute atomic E-state index is 0.580. The van der Waals surface area contributed by atoms with Crippen molar-refractivity contribution in [1.82, 2.24) is 0 Å². The van der Waals surface area contributed by atoms with Crippen LogP contribution in [0.2, 0.25) is 0 Å². The van der Waals surface area contributed by atoms with Crippen LogP contribution in [0.4, 0.5) is 39.8 Å². The number of hydrogen-bond acceptors (Lipinski definition) is 3. The third-order valence-corrected chi connectivity index (χ3v) is 11.1. The Morgan fingerprint density at radius 1 is 0.371 bits per heavy atom. The van der Waals surface area contributed by atoms with Gasteiger partial charge in [-0.1, -0.05) is 145 Å². The summed E-state index contributed by atoms with van der Waals surface area (Å²) < 4.78 is 0. The second-order valence-corrected chi connectivity index (χ2v) is 14.8. The smallest absolute Gasteiger partial charge is 0.187 e. The Labute approximate surface area is 361 Å². The van der Waals surface area contributed by atoms with Gasteiger partial charge in [-0.05, 0) is 95.7 Å². The van der Waals surface area contributed by atoms with Crippen LogP contribution in [0.25, 0.3) is 37.2 Å². The lowest BCUT2D eigenvalue weighted by Crippen LogP contribution is -2.12. The van der Waals surface area contributed by atoms with E-state index in [0.29, 0.717) is 11.3 Å². The molecule has 0 aromatic heterocycles. The minimum atomic E-state index is 0.580. The van der Waals surface area contributed by atoms with Crippen molar-refractivity contribution in [2.75, 3.05) is 9.80 Å². The van der Waals surface area contributed by atoms with E-state index in [2.05, 4.69) is 178 Å². The number of anilines is 6. The van der Waals surface area contributed by atoms with Crippen molar-refractivity contribution in [2.24, 2.45) is 0 Å². The lowest BCUT2D eigenvalue weighted by molar-refractivity contribution is 1.29. The molecule has 0 N–H and O–H groups in total. The zero-order valence-corrected chi connectivity index (χ0v) is 33.4. The highest BCUT2D eigenvalue weighted by Crippen LogP contribution is 2.49. The summed E-state index contributed by atoms with van der Waals surface area (Å²) in [6.07, 6.45) is 0. The zero-order chi connectivity index (χ0) is 41.8. The maximum Gasteiger partial charge on any atom is 0.187 e. The third kappa shape index (κ3) is 6.98. The molecule has 62 heavy (non-hydrogen) atoms. The molecule has 0 atom stereocenters. The molecule has 0 saturated carbocycles. The van der Waals surface area contributed by atoms with Gasteiger partial charge in [-0.15, -0.1) is 0 Å². The van der Waals surface area contributed by atoms with E-state index in [1.165, 1.54) is 0 Å². The number of rotatable bonds is 6. The van der Waals surface area contributed by atoms with E-state index in [4.69, 9.17) is 6.57 Å². The Morgan fingerprint density at radius 2 is 0.710 bits per heavy atom. The molecule has 0 unspecified atom stereocenters. The van der Waals surface area contributed by atoms with E-state index >= 15 is 0 Å². The highest BCUT2D eigenvalue weighted by Gasteiger charge is 2.24. The first-order valence-electron chi connectivity index (χ1n) is 20.3. The van der Waals surface area contributed by atoms with Crippen molar-refractivity contribution in [1.29, 1.82) is 5.26 Å². The molecule has 10 aromatic rings. The van der Waals surface area contributed by atoms with Crippen LogP contribution >= 0.6 is 0 Å². The van der Waals surface area contributed by atoms with Gasteiger partial charge in [0, 0.05) is 66.5 Å². The molecule has 0 spiro atoms. The van der Waals surface area contributed by atoms with Crippen molar-refractivity contribution in [3.8, 4) is 29.8 Å². The second-order valence-electron chi connectivity index (χ2n) is 14.8. The average molecular weight is 787 g/mol. The Hall–Kier alpha value is -9.06. The summed E-state index contributed by atoms with van der Waals surface area (Å²) in [6, 6.07) is 72.3. The van der Waals surface area contributed by atoms with Crippen molar-refractivity contribution in [2.45, 2.75) is 0 Å². The minimum Gasteiger partial charge on any atom is -0.310 e. The van der Waals surface area contributed by atoms with Gasteiger partial charge in [-0.2, -0.15) is 5.26 Å². The first kappa shape index (κ1) is 37.2. The number of nitrogens with zero attached hydrogens (tertiary/aromatic N) is 4. The van der Waals surface area contributed by atoms with E-state index in [-0.39, 0.29) is 0 Å². The third-order valence-electron chi connectivity index (χ3n) is 11.1. The van der Waals surface area contributed by atoms with E-state index in [1.807, 2.05) is 60.7 Å². The van der Waals surface area contributed by atoms with Crippen LogP contribution in [-0.2, 0) is 0 Å². The molecule has 0 saturated heterocycles. The van der Waals surface area contributed by atoms with Gasteiger partial charge >= 0.3 is 0 Å². The number of hydrogen-bond donors (Lipinski definition) is 0. The molecule has 0 heterocycles. The summed E-state index contributed by atoms with van der Waals surface area (Å²) in [5.41, 5.74) is 10.7. The van der Waals surface area contributed by atoms with Gasteiger partial charge in [0.1, 0.15) is 0 Å². The predicted molar refractivity (Wildman–Crippen MR) is 255 cm³/mol. The number of para-hydroxylation sites is 4. The van der Waals surface area contributed by atoms with Crippen LogP contribution in [0.15, 0.2) is 206 Å². The predicted octanol–water partition coefficient (Wildman–Crippen LogP) is 14.7. The van der Waals surface area contributed by atoms with E-state index < -0.39 is 0 Å². The molecule has 0 fully saturated rings. The largest absolute Gasteiger partial charge is 0.310 e. The number of nitriles is 1. The lowest BCUT2D eigenvalue weighted by atomic mass is 9.87. The summed E-state index contributed by atoms with van der Waals surface area (Å²) in [6.45, 7) is 7.45. The molecule has 0 bridgehead atoms. The molecule has 286 valence electrons. The monoisotopic (exact) mass is 786 g/mol. The normalized spacial score (nSPS) is 10.6. The van der Waals surface area contributed by atoms with Gasteiger partial charge in [-0.25, -0.2) is 4.85 Å². The Balaban J connectivity index is 1.33. The molecule has 4 heteroatoms. The van der Waals surface area contributed by atoms with E-state index in [0.717, 1.165) is 88.7 Å². The van der Waals surface area contributed by atoms with Crippen LogP contribution in [0.5, 0.6) is 0 Å². The maximum absolute atomic E-state index is 9.46. The summed E-state index contributed by atoms with van der Waals surface area (Å²) in [4.78, 5) is 8.21. The van der Waals surface area contributed by atoms with E-state index in [1.54, 1.807) is 12.1 Å². The van der Waals surface area contributed by atoms with Gasteiger partial charge in [0.15, 0.2) is 5.69 Å². The fourth-order valence-corrected chi connectivity index (χ4v) is 8.22. The van der Waals surface area contributed by atoms with Gasteiger partial charge in [0.05, 0.1) is 29.6 Å². The molecule has 0 aliphatic heterocycles. The van der Waals surface area contributed by atoms with Crippen molar-refractivity contribution in [3.05, 3.63) is 245 Å². The Morgan fingerprint density at radius 3 is 1.06 bits per heavy atom. The van der Waals surface area contributed by atoms with E-state index in [9.17, 15) is 5.26 Å². The lowest BCUT2D eigenvalue weighted by Gasteiger charge is -2.30. The van der Waals surface area contributed by atoms with Crippen molar-refractivity contribution < 1.29 is 0 Å². The summed E-state index contributed by atoms with van der Waals surface area (Å²) in [5.74, 6) is 14.1. The molecule has 10 aromatic carbocycles. The molecule has 0 radical (unpaired) electrons. The van der Waals surface area contributed by atoms with Crippen molar-refractivity contribution in [3.63, 3.8) is 0 Å². The standard InChI is InChI=1S/C58H34N4/c1-60-46-32-28-42(29-33-46)27-31-45-39-56(62(49-18-10-4-11-19-49)50-20-12-5-13-21-50)54-37-36-53-55(61(47-14-6-2-7-15-47)48-16-8-3-9-17-48)38-44(51-34-35-52(45)58(54)57(51)53)30-26-41-22-24-43(40-59)25-23-41/h2-25,28-29,32-39H. The molecular weight excluding hydrogens is 753 g/mol. The molecule has 0 aliphatic rings. The van der Waals surface area contributed by atoms with Crippen LogP contribution < -0.4 is 9.80 Å². The Bertz CT molecular complexity index is 3140. The Kier molecular flexibility index (Phi) is 9.79. The molecule has 4 nitrogen and oxygen atoms in total. The van der Waals surface area contributed by atoms with Gasteiger partial charge in [-0.3, -0.25) is 0 Å². The number of benzene rings is 10. The zero-order valence-electron chi connectivity index (χ0n) is 33.4. The highest BCUT2D eigenvalue weighted by molar-refractivity contribution is 6.30. The molecule has 0 amide bonds. The van der Waals surface area contributed by atoms with Gasteiger partial charge < -0.3 is 9.80 Å². The van der Waals surface area contributed by atoms with Crippen LogP contribution in [-0.4, -0.2) is 0 Å². The van der Waals surface area contributed by atoms with Crippen LogP contribution in [0.1, 0.15) is 27.8 Å². The SMILES string of the molecule is [C-]#[N+]c1ccc(C#Cc2cc(N(c3ccccc3)c3ccccc3)c3ccc4c(N(c5ccccc5)c5ccccc5)cc(C#Cc5ccc(C#N)cc5)c5ccc2c3c54)cc1. The summed E-state index contributed by atoms with van der Waals surface area (Å²) in [7, 11) is 0. The summed E-state index contributed by atoms with van der Waals surface area (Å²) in [5, 5.41) is 15.8. The van der Waals surface area contributed by atoms with Crippen LogP contribution in [0.3, 0.4) is 0 Å². The highest BCUT2D eigenvalue weighted by atomic mass is 15.1. The maximum atomic E-state index is 9.46. The first-order valence-corrected chi connectivity index (χ1v) is 20.3. The fraction of sp³-hybridized carbons (Fsp3) is 0.